The van der Waals surface area contributed by atoms with Gasteiger partial charge in [0.1, 0.15) is 11.3 Å². The van der Waals surface area contributed by atoms with Crippen LogP contribution in [0, 0.1) is 12.8 Å². The van der Waals surface area contributed by atoms with Gasteiger partial charge in [0.15, 0.2) is 5.65 Å². The molecule has 2 heterocycles. The lowest BCUT2D eigenvalue weighted by molar-refractivity contribution is 0.464. The summed E-state index contributed by atoms with van der Waals surface area (Å²) in [5.74, 6) is 1.86. The fraction of sp³-hybridized carbons (Fsp3) is 0.714. The van der Waals surface area contributed by atoms with E-state index in [4.69, 9.17) is 16.6 Å². The molecular weight excluding hydrogens is 260 g/mol. The zero-order valence-corrected chi connectivity index (χ0v) is 12.8. The molecule has 5 heteroatoms. The predicted octanol–water partition coefficient (Wildman–Crippen LogP) is 3.74. The first-order valence-electron chi connectivity index (χ1n) is 7.04. The third-order valence-electron chi connectivity index (χ3n) is 4.03. The summed E-state index contributed by atoms with van der Waals surface area (Å²) in [6, 6.07) is 0.434. The van der Waals surface area contributed by atoms with E-state index in [0.717, 1.165) is 28.6 Å². The van der Waals surface area contributed by atoms with Gasteiger partial charge < -0.3 is 4.57 Å². The minimum atomic E-state index is -0.0755. The molecule has 19 heavy (non-hydrogen) atoms. The van der Waals surface area contributed by atoms with E-state index in [0.29, 0.717) is 6.04 Å². The number of rotatable bonds is 4. The average Bonchev–Trinajstić information content (AvgIpc) is 2.96. The number of alkyl halides is 1. The lowest BCUT2D eigenvalue weighted by atomic mass is 10.1. The number of hydrogen-bond acceptors (Lipinski definition) is 2. The van der Waals surface area contributed by atoms with E-state index >= 15 is 0 Å². The molecule has 0 N–H and O–H groups in total. The monoisotopic (exact) mass is 280 g/mol. The number of aromatic nitrogens is 4. The van der Waals surface area contributed by atoms with Gasteiger partial charge in [-0.05, 0) is 33.1 Å². The summed E-state index contributed by atoms with van der Waals surface area (Å²) in [7, 11) is 1.99. The first-order valence-corrected chi connectivity index (χ1v) is 7.48. The van der Waals surface area contributed by atoms with Gasteiger partial charge in [-0.2, -0.15) is 5.10 Å². The molecule has 2 atom stereocenters. The van der Waals surface area contributed by atoms with E-state index in [1.54, 1.807) is 0 Å². The first kappa shape index (κ1) is 13.0. The summed E-state index contributed by atoms with van der Waals surface area (Å²) in [6.07, 6.45) is 3.96. The topological polar surface area (TPSA) is 35.6 Å². The molecule has 0 bridgehead atoms. The highest BCUT2D eigenvalue weighted by Crippen LogP contribution is 2.39. The fourth-order valence-electron chi connectivity index (χ4n) is 2.97. The number of hydrogen-bond donors (Lipinski definition) is 0. The van der Waals surface area contributed by atoms with Crippen LogP contribution in [0.1, 0.15) is 56.0 Å². The van der Waals surface area contributed by atoms with Crippen molar-refractivity contribution in [3.05, 3.63) is 11.5 Å². The Labute approximate surface area is 118 Å². The second-order valence-corrected chi connectivity index (χ2v) is 6.52. The van der Waals surface area contributed by atoms with Crippen LogP contribution < -0.4 is 0 Å². The molecular formula is C14H21ClN4. The third-order valence-corrected chi connectivity index (χ3v) is 4.23. The van der Waals surface area contributed by atoms with Gasteiger partial charge in [0.2, 0.25) is 0 Å². The SMILES string of the molecule is Cc1nn(C)c2c1nc(C(C)Cl)n2C(C)CC1CC1. The van der Waals surface area contributed by atoms with Crippen molar-refractivity contribution < 1.29 is 0 Å². The molecule has 4 nitrogen and oxygen atoms in total. The lowest BCUT2D eigenvalue weighted by Gasteiger charge is -2.18. The van der Waals surface area contributed by atoms with Crippen molar-refractivity contribution in [1.29, 1.82) is 0 Å². The van der Waals surface area contributed by atoms with E-state index in [1.807, 2.05) is 25.6 Å². The van der Waals surface area contributed by atoms with Crippen LogP contribution in [0.4, 0.5) is 0 Å². The zero-order valence-electron chi connectivity index (χ0n) is 12.0. The van der Waals surface area contributed by atoms with Crippen molar-refractivity contribution in [2.45, 2.75) is 51.5 Å². The Kier molecular flexibility index (Phi) is 3.08. The van der Waals surface area contributed by atoms with E-state index < -0.39 is 0 Å². The van der Waals surface area contributed by atoms with Crippen LogP contribution in [0.3, 0.4) is 0 Å². The molecule has 0 radical (unpaired) electrons. The standard InChI is InChI=1S/C14H21ClN4/c1-8(7-11-5-6-11)19-13(9(2)15)16-12-10(3)17-18(4)14(12)19/h8-9,11H,5-7H2,1-4H3. The highest BCUT2D eigenvalue weighted by molar-refractivity contribution is 6.20. The molecule has 0 aromatic carbocycles. The Bertz CT molecular complexity index is 607. The maximum Gasteiger partial charge on any atom is 0.158 e. The van der Waals surface area contributed by atoms with Gasteiger partial charge >= 0.3 is 0 Å². The first-order chi connectivity index (χ1) is 8.99. The van der Waals surface area contributed by atoms with Crippen LogP contribution in [0.15, 0.2) is 0 Å². The Morgan fingerprint density at radius 3 is 2.63 bits per heavy atom. The van der Waals surface area contributed by atoms with Crippen LogP contribution in [0.2, 0.25) is 0 Å². The van der Waals surface area contributed by atoms with Crippen LogP contribution in [0.5, 0.6) is 0 Å². The third kappa shape index (κ3) is 2.16. The largest absolute Gasteiger partial charge is 0.309 e. The normalized spacial score (nSPS) is 19.0. The van der Waals surface area contributed by atoms with Crippen LogP contribution >= 0.6 is 11.6 Å². The quantitative estimate of drug-likeness (QED) is 0.800. The fourth-order valence-corrected chi connectivity index (χ4v) is 3.12. The highest BCUT2D eigenvalue weighted by Gasteiger charge is 2.28. The van der Waals surface area contributed by atoms with E-state index in [9.17, 15) is 0 Å². The minimum Gasteiger partial charge on any atom is -0.309 e. The van der Waals surface area contributed by atoms with Crippen molar-refractivity contribution in [3.8, 4) is 0 Å². The molecule has 2 unspecified atom stereocenters. The second kappa shape index (κ2) is 4.51. The summed E-state index contributed by atoms with van der Waals surface area (Å²) < 4.78 is 4.23. The summed E-state index contributed by atoms with van der Waals surface area (Å²) in [6.45, 7) is 6.27. The molecule has 0 amide bonds. The molecule has 3 rings (SSSR count). The van der Waals surface area contributed by atoms with E-state index in [1.165, 1.54) is 19.3 Å². The van der Waals surface area contributed by atoms with Gasteiger partial charge in [-0.1, -0.05) is 12.8 Å². The maximum atomic E-state index is 6.32. The summed E-state index contributed by atoms with van der Waals surface area (Å²) in [5, 5.41) is 4.40. The number of fused-ring (bicyclic) bond motifs is 1. The highest BCUT2D eigenvalue weighted by atomic mass is 35.5. The van der Waals surface area contributed by atoms with Crippen LogP contribution in [-0.4, -0.2) is 19.3 Å². The number of halogens is 1. The van der Waals surface area contributed by atoms with Gasteiger partial charge in [0, 0.05) is 13.1 Å². The van der Waals surface area contributed by atoms with Crippen LogP contribution in [-0.2, 0) is 7.05 Å². The maximum absolute atomic E-state index is 6.32. The number of nitrogens with zero attached hydrogens (tertiary/aromatic N) is 4. The molecule has 0 saturated heterocycles. The molecule has 1 fully saturated rings. The molecule has 104 valence electrons. The Hall–Kier alpha value is -1.03. The average molecular weight is 281 g/mol. The van der Waals surface area contributed by atoms with E-state index in [2.05, 4.69) is 16.6 Å². The molecule has 1 saturated carbocycles. The number of imidazole rings is 1. The van der Waals surface area contributed by atoms with Gasteiger partial charge in [0.25, 0.3) is 0 Å². The Balaban J connectivity index is 2.14. The minimum absolute atomic E-state index is 0.0755. The Morgan fingerprint density at radius 1 is 1.37 bits per heavy atom. The van der Waals surface area contributed by atoms with Gasteiger partial charge in [0.05, 0.1) is 11.1 Å². The molecule has 2 aromatic rings. The van der Waals surface area contributed by atoms with Crippen molar-refractivity contribution in [2.75, 3.05) is 0 Å². The smallest absolute Gasteiger partial charge is 0.158 e. The van der Waals surface area contributed by atoms with Crippen molar-refractivity contribution in [2.24, 2.45) is 13.0 Å². The number of aryl methyl sites for hydroxylation is 2. The second-order valence-electron chi connectivity index (χ2n) is 5.87. The summed E-state index contributed by atoms with van der Waals surface area (Å²) in [5.41, 5.74) is 3.08. The van der Waals surface area contributed by atoms with Crippen LogP contribution in [0.25, 0.3) is 11.2 Å². The Morgan fingerprint density at radius 2 is 2.05 bits per heavy atom. The molecule has 1 aliphatic carbocycles. The zero-order chi connectivity index (χ0) is 13.7. The van der Waals surface area contributed by atoms with Gasteiger partial charge in [-0.3, -0.25) is 4.68 Å². The van der Waals surface area contributed by atoms with E-state index in [-0.39, 0.29) is 5.38 Å². The van der Waals surface area contributed by atoms with Gasteiger partial charge in [-0.25, -0.2) is 4.98 Å². The van der Waals surface area contributed by atoms with Crippen molar-refractivity contribution in [3.63, 3.8) is 0 Å². The molecule has 0 spiro atoms. The lowest BCUT2D eigenvalue weighted by Crippen LogP contribution is -2.13. The molecule has 2 aromatic heterocycles. The van der Waals surface area contributed by atoms with Gasteiger partial charge in [-0.15, -0.1) is 11.6 Å². The van der Waals surface area contributed by atoms with Crippen molar-refractivity contribution in [1.82, 2.24) is 19.3 Å². The molecule has 0 aliphatic heterocycles. The molecule has 1 aliphatic rings. The predicted molar refractivity (Wildman–Crippen MR) is 77.6 cm³/mol. The summed E-state index contributed by atoms with van der Waals surface area (Å²) >= 11 is 6.32. The summed E-state index contributed by atoms with van der Waals surface area (Å²) in [4.78, 5) is 4.73. The van der Waals surface area contributed by atoms with Crippen molar-refractivity contribution >= 4 is 22.8 Å².